The van der Waals surface area contributed by atoms with Crippen LogP contribution in [-0.4, -0.2) is 22.2 Å². The SMILES string of the molecule is CCC[O][Al+][CH2]C.[Cl-]. The molecule has 0 saturated carbocycles. The van der Waals surface area contributed by atoms with Crippen LogP contribution in [0.2, 0.25) is 5.28 Å². The fourth-order valence-electron chi connectivity index (χ4n) is 0.319. The molecule has 0 saturated heterocycles. The second-order valence-corrected chi connectivity index (χ2v) is 2.93. The van der Waals surface area contributed by atoms with E-state index in [0.717, 1.165) is 13.0 Å². The summed E-state index contributed by atoms with van der Waals surface area (Å²) in [6, 6.07) is 0. The van der Waals surface area contributed by atoms with Gasteiger partial charge in [-0.15, -0.1) is 0 Å². The molecule has 0 radical (unpaired) electrons. The van der Waals surface area contributed by atoms with Crippen LogP contribution in [-0.2, 0) is 3.79 Å². The molecule has 0 aliphatic carbocycles. The van der Waals surface area contributed by atoms with Crippen molar-refractivity contribution in [2.75, 3.05) is 6.61 Å². The molecule has 3 heteroatoms. The molecule has 0 aliphatic rings. The molecule has 0 spiro atoms. The van der Waals surface area contributed by atoms with Gasteiger partial charge in [-0.25, -0.2) is 0 Å². The topological polar surface area (TPSA) is 9.23 Å². The van der Waals surface area contributed by atoms with Gasteiger partial charge in [-0.2, -0.15) is 0 Å². The minimum atomic E-state index is 0. The molecule has 48 valence electrons. The van der Waals surface area contributed by atoms with E-state index in [9.17, 15) is 0 Å². The summed E-state index contributed by atoms with van der Waals surface area (Å²) in [6.07, 6.45) is 1.16. The summed E-state index contributed by atoms with van der Waals surface area (Å²) in [5, 5.41) is 1.22. The molecule has 1 nitrogen and oxygen atoms in total. The zero-order valence-electron chi connectivity index (χ0n) is 5.48. The van der Waals surface area contributed by atoms with E-state index in [1.54, 1.807) is 0 Å². The first-order valence-electron chi connectivity index (χ1n) is 2.85. The fraction of sp³-hybridized carbons (Fsp3) is 1.00. The van der Waals surface area contributed by atoms with Crippen molar-refractivity contribution >= 4 is 15.6 Å². The normalized spacial score (nSPS) is 7.25. The minimum Gasteiger partial charge on any atom is -1.00 e. The molecular weight excluding hydrogens is 138 g/mol. The summed E-state index contributed by atoms with van der Waals surface area (Å²) >= 11 is 0.316. The number of hydrogen-bond donors (Lipinski definition) is 0. The quantitative estimate of drug-likeness (QED) is 0.349. The van der Waals surface area contributed by atoms with Crippen molar-refractivity contribution in [2.24, 2.45) is 0 Å². The van der Waals surface area contributed by atoms with Crippen LogP contribution in [0.4, 0.5) is 0 Å². The van der Waals surface area contributed by atoms with Gasteiger partial charge in [0.1, 0.15) is 0 Å². The third kappa shape index (κ3) is 9.92. The van der Waals surface area contributed by atoms with Crippen LogP contribution >= 0.6 is 0 Å². The predicted octanol–water partition coefficient (Wildman–Crippen LogP) is -1.53. The Morgan fingerprint density at radius 1 is 1.38 bits per heavy atom. The fourth-order valence-corrected chi connectivity index (χ4v) is 0.957. The van der Waals surface area contributed by atoms with Crippen LogP contribution in [0, 0.1) is 0 Å². The molecule has 0 aromatic rings. The Hall–Kier alpha value is 0.782. The van der Waals surface area contributed by atoms with Gasteiger partial charge >= 0.3 is 51.5 Å². The van der Waals surface area contributed by atoms with Crippen LogP contribution in [0.5, 0.6) is 0 Å². The van der Waals surface area contributed by atoms with Crippen molar-refractivity contribution in [1.29, 1.82) is 0 Å². The average molecular weight is 151 g/mol. The Labute approximate surface area is 64.3 Å². The van der Waals surface area contributed by atoms with E-state index in [1.165, 1.54) is 5.28 Å². The predicted molar refractivity (Wildman–Crippen MR) is 32.5 cm³/mol. The monoisotopic (exact) mass is 150 g/mol. The second-order valence-electron chi connectivity index (χ2n) is 1.45. The van der Waals surface area contributed by atoms with Crippen LogP contribution in [0.1, 0.15) is 20.3 Å². The van der Waals surface area contributed by atoms with E-state index < -0.39 is 0 Å². The molecule has 0 bridgehead atoms. The maximum atomic E-state index is 5.22. The van der Waals surface area contributed by atoms with Crippen molar-refractivity contribution in [3.05, 3.63) is 0 Å². The van der Waals surface area contributed by atoms with E-state index in [4.69, 9.17) is 3.79 Å². The van der Waals surface area contributed by atoms with Crippen LogP contribution in [0.25, 0.3) is 0 Å². The molecule has 0 heterocycles. The Morgan fingerprint density at radius 2 is 2.00 bits per heavy atom. The molecule has 0 rings (SSSR count). The van der Waals surface area contributed by atoms with Crippen molar-refractivity contribution in [1.82, 2.24) is 0 Å². The van der Waals surface area contributed by atoms with Crippen molar-refractivity contribution in [2.45, 2.75) is 25.6 Å². The molecular formula is C5H12AlClO. The summed E-state index contributed by atoms with van der Waals surface area (Å²) in [4.78, 5) is 0. The third-order valence-corrected chi connectivity index (χ3v) is 1.41. The molecule has 0 N–H and O–H groups in total. The van der Waals surface area contributed by atoms with Gasteiger partial charge in [-0.3, -0.25) is 0 Å². The van der Waals surface area contributed by atoms with Gasteiger partial charge in [-0.05, 0) is 0 Å². The summed E-state index contributed by atoms with van der Waals surface area (Å²) in [5.41, 5.74) is 0. The first-order valence-corrected chi connectivity index (χ1v) is 4.13. The van der Waals surface area contributed by atoms with Crippen LogP contribution in [0.3, 0.4) is 0 Å². The molecule has 0 aliphatic heterocycles. The molecule has 0 amide bonds. The Morgan fingerprint density at radius 3 is 2.38 bits per heavy atom. The smallest absolute Gasteiger partial charge is 1.00 e. The standard InChI is InChI=1S/C3H7O.C2H5.Al.ClH/c1-2-3-4;1-2;;/h2-3H2,1H3;1H2,2H3;;1H/q-1;;+2;/p-1. The second kappa shape index (κ2) is 10.7. The van der Waals surface area contributed by atoms with E-state index in [-0.39, 0.29) is 12.4 Å². The van der Waals surface area contributed by atoms with Gasteiger partial charge in [0.15, 0.2) is 0 Å². The van der Waals surface area contributed by atoms with E-state index in [0.29, 0.717) is 15.6 Å². The zero-order chi connectivity index (χ0) is 5.54. The van der Waals surface area contributed by atoms with Gasteiger partial charge < -0.3 is 12.4 Å². The number of hydrogen-bond acceptors (Lipinski definition) is 1. The molecule has 0 aromatic carbocycles. The molecule has 0 atom stereocenters. The summed E-state index contributed by atoms with van der Waals surface area (Å²) in [6.45, 7) is 5.25. The zero-order valence-corrected chi connectivity index (χ0v) is 7.40. The van der Waals surface area contributed by atoms with E-state index in [1.807, 2.05) is 0 Å². The molecule has 0 unspecified atom stereocenters. The number of rotatable bonds is 4. The van der Waals surface area contributed by atoms with E-state index >= 15 is 0 Å². The molecule has 0 aromatic heterocycles. The van der Waals surface area contributed by atoms with Gasteiger partial charge in [0.2, 0.25) is 0 Å². The minimum absolute atomic E-state index is 0. The van der Waals surface area contributed by atoms with Gasteiger partial charge in [-0.1, -0.05) is 0 Å². The van der Waals surface area contributed by atoms with Crippen LogP contribution < -0.4 is 12.4 Å². The van der Waals surface area contributed by atoms with Crippen molar-refractivity contribution in [3.8, 4) is 0 Å². The Balaban J connectivity index is 0. The number of halogens is 1. The van der Waals surface area contributed by atoms with E-state index in [2.05, 4.69) is 13.8 Å². The maximum Gasteiger partial charge on any atom is -1.00 e. The summed E-state index contributed by atoms with van der Waals surface area (Å²) in [5.74, 6) is 0. The average Bonchev–Trinajstić information content (AvgIpc) is 1.69. The summed E-state index contributed by atoms with van der Waals surface area (Å²) < 4.78 is 5.22. The molecule has 8 heavy (non-hydrogen) atoms. The first-order chi connectivity index (χ1) is 3.41. The largest absolute Gasteiger partial charge is 1.00 e. The Kier molecular flexibility index (Phi) is 15.5. The maximum absolute atomic E-state index is 5.22. The third-order valence-electron chi connectivity index (χ3n) is 0.606. The molecule has 0 fully saturated rings. The Bertz CT molecular complexity index is 31.6. The van der Waals surface area contributed by atoms with Gasteiger partial charge in [0, 0.05) is 0 Å². The van der Waals surface area contributed by atoms with Crippen molar-refractivity contribution in [3.63, 3.8) is 0 Å². The summed E-state index contributed by atoms with van der Waals surface area (Å²) in [7, 11) is 0. The first kappa shape index (κ1) is 11.6. The van der Waals surface area contributed by atoms with Crippen LogP contribution in [0.15, 0.2) is 0 Å². The van der Waals surface area contributed by atoms with Gasteiger partial charge in [0.25, 0.3) is 0 Å². The van der Waals surface area contributed by atoms with Gasteiger partial charge in [0.05, 0.1) is 0 Å². The van der Waals surface area contributed by atoms with Crippen molar-refractivity contribution < 1.29 is 16.2 Å².